The van der Waals surface area contributed by atoms with Crippen LogP contribution in [0.2, 0.25) is 0 Å². The van der Waals surface area contributed by atoms with Gasteiger partial charge in [-0.05, 0) is 18.2 Å². The van der Waals surface area contributed by atoms with Crippen molar-refractivity contribution in [2.24, 2.45) is 0 Å². The largest absolute Gasteiger partial charge is 0.481 e. The molecule has 2 rings (SSSR count). The van der Waals surface area contributed by atoms with Gasteiger partial charge in [0.05, 0.1) is 6.42 Å². The van der Waals surface area contributed by atoms with Gasteiger partial charge in [0.2, 0.25) is 0 Å². The maximum Gasteiger partial charge on any atom is 0.309 e. The molecule has 1 aromatic carbocycles. The minimum absolute atomic E-state index is 0.116. The second kappa shape index (κ2) is 3.42. The topological polar surface area (TPSA) is 63.3 Å². The molecular formula is C9H6BrNO3. The van der Waals surface area contributed by atoms with Gasteiger partial charge in [0, 0.05) is 9.86 Å². The maximum atomic E-state index is 10.5. The number of aliphatic carboxylic acids is 1. The lowest BCUT2D eigenvalue weighted by atomic mass is 10.2. The Labute approximate surface area is 87.6 Å². The fraction of sp³-hybridized carbons (Fsp3) is 0.111. The van der Waals surface area contributed by atoms with Crippen molar-refractivity contribution in [2.75, 3.05) is 0 Å². The second-order valence-electron chi connectivity index (χ2n) is 2.84. The number of carbonyl (C=O) groups is 1. The molecule has 0 saturated heterocycles. The molecule has 0 amide bonds. The van der Waals surface area contributed by atoms with Crippen molar-refractivity contribution >= 4 is 32.9 Å². The Kier molecular flexibility index (Phi) is 2.25. The van der Waals surface area contributed by atoms with Crippen LogP contribution in [-0.2, 0) is 11.2 Å². The molecule has 0 saturated carbocycles. The number of carboxylic acids is 1. The van der Waals surface area contributed by atoms with E-state index in [0.717, 1.165) is 9.86 Å². The van der Waals surface area contributed by atoms with E-state index in [1.54, 1.807) is 12.1 Å². The molecule has 0 spiro atoms. The van der Waals surface area contributed by atoms with Crippen molar-refractivity contribution in [3.05, 3.63) is 28.4 Å². The molecule has 1 aromatic heterocycles. The zero-order chi connectivity index (χ0) is 10.1. The standard InChI is InChI=1S/C9H6BrNO3/c10-5-1-2-6-7(4-9(12)13)11-14-8(6)3-5/h1-3H,4H2,(H,12,13). The number of rotatable bonds is 2. The highest BCUT2D eigenvalue weighted by Crippen LogP contribution is 2.22. The van der Waals surface area contributed by atoms with Crippen molar-refractivity contribution in [1.82, 2.24) is 5.16 Å². The molecule has 0 aliphatic rings. The molecule has 1 N–H and O–H groups in total. The molecule has 0 atom stereocenters. The summed E-state index contributed by atoms with van der Waals surface area (Å²) in [7, 11) is 0. The number of carboxylic acid groups (broad SMARTS) is 1. The third-order valence-corrected chi connectivity index (χ3v) is 2.32. The Morgan fingerprint density at radius 1 is 1.57 bits per heavy atom. The molecule has 0 radical (unpaired) electrons. The molecule has 0 unspecified atom stereocenters. The lowest BCUT2D eigenvalue weighted by Gasteiger charge is -1.90. The van der Waals surface area contributed by atoms with E-state index in [4.69, 9.17) is 9.63 Å². The Hall–Kier alpha value is -1.36. The summed E-state index contributed by atoms with van der Waals surface area (Å²) in [6.45, 7) is 0. The van der Waals surface area contributed by atoms with Gasteiger partial charge in [0.25, 0.3) is 0 Å². The van der Waals surface area contributed by atoms with Gasteiger partial charge >= 0.3 is 5.97 Å². The smallest absolute Gasteiger partial charge is 0.309 e. The Bertz CT molecular complexity index is 492. The molecule has 1 heterocycles. The number of nitrogens with zero attached hydrogens (tertiary/aromatic N) is 1. The number of hydrogen-bond donors (Lipinski definition) is 1. The third-order valence-electron chi connectivity index (χ3n) is 1.83. The van der Waals surface area contributed by atoms with Crippen LogP contribution in [0, 0.1) is 0 Å². The van der Waals surface area contributed by atoms with Gasteiger partial charge in [-0.2, -0.15) is 0 Å². The molecule has 0 bridgehead atoms. The van der Waals surface area contributed by atoms with Crippen LogP contribution in [0.5, 0.6) is 0 Å². The Balaban J connectivity index is 2.52. The number of halogens is 1. The van der Waals surface area contributed by atoms with E-state index in [2.05, 4.69) is 21.1 Å². The van der Waals surface area contributed by atoms with Crippen molar-refractivity contribution in [1.29, 1.82) is 0 Å². The fourth-order valence-corrected chi connectivity index (χ4v) is 1.57. The van der Waals surface area contributed by atoms with Crippen LogP contribution in [-0.4, -0.2) is 16.2 Å². The van der Waals surface area contributed by atoms with Gasteiger partial charge in [-0.15, -0.1) is 0 Å². The predicted molar refractivity (Wildman–Crippen MR) is 53.0 cm³/mol. The number of benzene rings is 1. The lowest BCUT2D eigenvalue weighted by molar-refractivity contribution is -0.136. The van der Waals surface area contributed by atoms with Crippen LogP contribution < -0.4 is 0 Å². The van der Waals surface area contributed by atoms with E-state index < -0.39 is 5.97 Å². The molecule has 14 heavy (non-hydrogen) atoms. The second-order valence-corrected chi connectivity index (χ2v) is 3.76. The monoisotopic (exact) mass is 255 g/mol. The minimum Gasteiger partial charge on any atom is -0.481 e. The van der Waals surface area contributed by atoms with Gasteiger partial charge in [-0.25, -0.2) is 0 Å². The van der Waals surface area contributed by atoms with Crippen molar-refractivity contribution in [3.8, 4) is 0 Å². The summed E-state index contributed by atoms with van der Waals surface area (Å²) in [6, 6.07) is 5.37. The third kappa shape index (κ3) is 1.63. The van der Waals surface area contributed by atoms with Crippen LogP contribution in [0.1, 0.15) is 5.69 Å². The molecule has 5 heteroatoms. The average Bonchev–Trinajstić information content (AvgIpc) is 2.47. The Morgan fingerprint density at radius 2 is 2.36 bits per heavy atom. The highest BCUT2D eigenvalue weighted by atomic mass is 79.9. The van der Waals surface area contributed by atoms with Crippen molar-refractivity contribution < 1.29 is 14.4 Å². The number of hydrogen-bond acceptors (Lipinski definition) is 3. The van der Waals surface area contributed by atoms with E-state index >= 15 is 0 Å². The summed E-state index contributed by atoms with van der Waals surface area (Å²) in [4.78, 5) is 10.5. The number of fused-ring (bicyclic) bond motifs is 1. The van der Waals surface area contributed by atoms with Crippen LogP contribution in [0.4, 0.5) is 0 Å². The summed E-state index contributed by atoms with van der Waals surface area (Å²) in [5, 5.41) is 13.1. The highest BCUT2D eigenvalue weighted by molar-refractivity contribution is 9.10. The zero-order valence-electron chi connectivity index (χ0n) is 7.03. The first-order valence-electron chi connectivity index (χ1n) is 3.92. The van der Waals surface area contributed by atoms with Crippen LogP contribution in [0.3, 0.4) is 0 Å². The first kappa shape index (κ1) is 9.21. The maximum absolute atomic E-state index is 10.5. The molecule has 0 fully saturated rings. The summed E-state index contributed by atoms with van der Waals surface area (Å²) >= 11 is 3.29. The van der Waals surface area contributed by atoms with E-state index in [-0.39, 0.29) is 6.42 Å². The summed E-state index contributed by atoms with van der Waals surface area (Å²) in [5.41, 5.74) is 1.05. The summed E-state index contributed by atoms with van der Waals surface area (Å²) in [6.07, 6.45) is -0.116. The Morgan fingerprint density at radius 3 is 3.07 bits per heavy atom. The molecule has 4 nitrogen and oxygen atoms in total. The minimum atomic E-state index is -0.914. The molecule has 0 aliphatic heterocycles. The first-order valence-corrected chi connectivity index (χ1v) is 4.72. The normalized spacial score (nSPS) is 10.6. The van der Waals surface area contributed by atoms with E-state index in [1.807, 2.05) is 6.07 Å². The summed E-state index contributed by atoms with van der Waals surface area (Å²) < 4.78 is 5.87. The van der Waals surface area contributed by atoms with E-state index in [1.165, 1.54) is 0 Å². The number of aromatic nitrogens is 1. The summed E-state index contributed by atoms with van der Waals surface area (Å²) in [5.74, 6) is -0.914. The highest BCUT2D eigenvalue weighted by Gasteiger charge is 2.11. The van der Waals surface area contributed by atoms with Gasteiger partial charge < -0.3 is 9.63 Å². The molecule has 0 aliphatic carbocycles. The van der Waals surface area contributed by atoms with Crippen molar-refractivity contribution in [2.45, 2.75) is 6.42 Å². The van der Waals surface area contributed by atoms with Gasteiger partial charge in [-0.3, -0.25) is 4.79 Å². The van der Waals surface area contributed by atoms with E-state index in [9.17, 15) is 4.79 Å². The lowest BCUT2D eigenvalue weighted by Crippen LogP contribution is -2.00. The van der Waals surface area contributed by atoms with Gasteiger partial charge in [0.1, 0.15) is 5.69 Å². The SMILES string of the molecule is O=C(O)Cc1noc2cc(Br)ccc12. The molecule has 72 valence electrons. The van der Waals surface area contributed by atoms with Gasteiger partial charge in [0.15, 0.2) is 5.58 Å². The van der Waals surface area contributed by atoms with Gasteiger partial charge in [-0.1, -0.05) is 21.1 Å². The van der Waals surface area contributed by atoms with Crippen LogP contribution >= 0.6 is 15.9 Å². The average molecular weight is 256 g/mol. The van der Waals surface area contributed by atoms with Crippen LogP contribution in [0.25, 0.3) is 11.0 Å². The molecule has 2 aromatic rings. The predicted octanol–water partition coefficient (Wildman–Crippen LogP) is 2.22. The van der Waals surface area contributed by atoms with Crippen molar-refractivity contribution in [3.63, 3.8) is 0 Å². The molecular weight excluding hydrogens is 250 g/mol. The van der Waals surface area contributed by atoms with Crippen LogP contribution in [0.15, 0.2) is 27.2 Å². The first-order chi connectivity index (χ1) is 6.66. The zero-order valence-corrected chi connectivity index (χ0v) is 8.61. The van der Waals surface area contributed by atoms with E-state index in [0.29, 0.717) is 11.3 Å². The quantitative estimate of drug-likeness (QED) is 0.894. The fourth-order valence-electron chi connectivity index (χ4n) is 1.23.